The fourth-order valence-corrected chi connectivity index (χ4v) is 1.80. The maximum atomic E-state index is 9.86. The molecule has 2 aromatic rings. The van der Waals surface area contributed by atoms with Crippen LogP contribution < -0.4 is 5.43 Å². The molecule has 1 atom stereocenters. The van der Waals surface area contributed by atoms with Crippen molar-refractivity contribution in [3.8, 4) is 0 Å². The van der Waals surface area contributed by atoms with Crippen molar-refractivity contribution in [2.24, 2.45) is 0 Å². The second kappa shape index (κ2) is 5.05. The van der Waals surface area contributed by atoms with E-state index >= 15 is 0 Å². The summed E-state index contributed by atoms with van der Waals surface area (Å²) in [6, 6.07) is 5.94. The van der Waals surface area contributed by atoms with E-state index in [0.717, 1.165) is 11.4 Å². The number of aliphatic hydroxyl groups excluding tert-OH is 1. The van der Waals surface area contributed by atoms with Gasteiger partial charge in [-0.15, -0.1) is 0 Å². The van der Waals surface area contributed by atoms with Crippen LogP contribution in [0.5, 0.6) is 0 Å². The topological polar surface area (TPSA) is 55.0 Å². The molecule has 92 valence electrons. The lowest BCUT2D eigenvalue weighted by atomic mass is 10.3. The highest BCUT2D eigenvalue weighted by molar-refractivity contribution is 5.15. The molecule has 0 aromatic carbocycles. The third-order valence-electron chi connectivity index (χ3n) is 2.71. The molecule has 0 aliphatic rings. The van der Waals surface area contributed by atoms with Gasteiger partial charge in [0.1, 0.15) is 0 Å². The molecule has 0 spiro atoms. The molecule has 0 aliphatic heterocycles. The minimum absolute atomic E-state index is 0.462. The summed E-state index contributed by atoms with van der Waals surface area (Å²) in [6.07, 6.45) is 3.09. The zero-order valence-electron chi connectivity index (χ0n) is 10.2. The molecule has 1 unspecified atom stereocenters. The van der Waals surface area contributed by atoms with Gasteiger partial charge < -0.3 is 10.5 Å². The second-order valence-corrected chi connectivity index (χ2v) is 4.20. The summed E-state index contributed by atoms with van der Waals surface area (Å²) in [6.45, 7) is 5.05. The Morgan fingerprint density at radius 2 is 2.06 bits per heavy atom. The molecule has 0 fully saturated rings. The molecule has 0 amide bonds. The standard InChI is InChI=1S/C12H18N4O/c1-10-4-5-11(2)16(10)14-8-12(17)9-15-7-3-6-13-15/h3-7,12,14,17H,8-9H2,1-2H3. The summed E-state index contributed by atoms with van der Waals surface area (Å²) in [5.74, 6) is 0. The zero-order chi connectivity index (χ0) is 12.3. The first kappa shape index (κ1) is 11.7. The number of aromatic nitrogens is 3. The number of nitrogens with one attached hydrogen (secondary N) is 1. The molecule has 2 aromatic heterocycles. The number of aryl methyl sites for hydroxylation is 2. The van der Waals surface area contributed by atoms with E-state index < -0.39 is 6.10 Å². The first-order chi connectivity index (χ1) is 8.16. The molecule has 2 heterocycles. The molecule has 0 saturated heterocycles. The SMILES string of the molecule is Cc1ccc(C)n1NCC(O)Cn1cccn1. The second-order valence-electron chi connectivity index (χ2n) is 4.20. The largest absolute Gasteiger partial charge is 0.389 e. The van der Waals surface area contributed by atoms with Gasteiger partial charge in [0.25, 0.3) is 0 Å². The van der Waals surface area contributed by atoms with Gasteiger partial charge in [-0.3, -0.25) is 9.36 Å². The van der Waals surface area contributed by atoms with Crippen LogP contribution in [-0.2, 0) is 6.54 Å². The first-order valence-corrected chi connectivity index (χ1v) is 5.71. The van der Waals surface area contributed by atoms with Crippen LogP contribution in [-0.4, -0.2) is 32.2 Å². The van der Waals surface area contributed by atoms with Crippen molar-refractivity contribution in [2.75, 3.05) is 12.0 Å². The van der Waals surface area contributed by atoms with Gasteiger partial charge in [-0.05, 0) is 32.0 Å². The molecule has 0 radical (unpaired) electrons. The Morgan fingerprint density at radius 3 is 2.65 bits per heavy atom. The quantitative estimate of drug-likeness (QED) is 0.808. The van der Waals surface area contributed by atoms with Gasteiger partial charge in [0.2, 0.25) is 0 Å². The van der Waals surface area contributed by atoms with E-state index in [9.17, 15) is 5.11 Å². The third-order valence-corrected chi connectivity index (χ3v) is 2.71. The Bertz CT molecular complexity index is 441. The van der Waals surface area contributed by atoms with Gasteiger partial charge in [-0.25, -0.2) is 0 Å². The maximum absolute atomic E-state index is 9.86. The van der Waals surface area contributed by atoms with E-state index in [1.54, 1.807) is 10.9 Å². The number of hydrogen-bond donors (Lipinski definition) is 2. The monoisotopic (exact) mass is 234 g/mol. The highest BCUT2D eigenvalue weighted by Gasteiger charge is 2.06. The Kier molecular flexibility index (Phi) is 3.49. The van der Waals surface area contributed by atoms with Crippen molar-refractivity contribution in [1.29, 1.82) is 0 Å². The van der Waals surface area contributed by atoms with Gasteiger partial charge in [0.15, 0.2) is 0 Å². The molecule has 2 N–H and O–H groups in total. The molecular weight excluding hydrogens is 216 g/mol. The highest BCUT2D eigenvalue weighted by atomic mass is 16.3. The van der Waals surface area contributed by atoms with Gasteiger partial charge in [-0.1, -0.05) is 0 Å². The van der Waals surface area contributed by atoms with E-state index in [-0.39, 0.29) is 0 Å². The first-order valence-electron chi connectivity index (χ1n) is 5.71. The minimum atomic E-state index is -0.462. The van der Waals surface area contributed by atoms with Gasteiger partial charge >= 0.3 is 0 Å². The Morgan fingerprint density at radius 1 is 1.35 bits per heavy atom. The lowest BCUT2D eigenvalue weighted by molar-refractivity contribution is 0.158. The molecule has 17 heavy (non-hydrogen) atoms. The summed E-state index contributed by atoms with van der Waals surface area (Å²) in [5, 5.41) is 13.9. The summed E-state index contributed by atoms with van der Waals surface area (Å²) < 4.78 is 3.70. The lowest BCUT2D eigenvalue weighted by Gasteiger charge is -2.16. The van der Waals surface area contributed by atoms with Crippen molar-refractivity contribution < 1.29 is 5.11 Å². The number of hydrogen-bond acceptors (Lipinski definition) is 3. The van der Waals surface area contributed by atoms with Crippen LogP contribution in [0.4, 0.5) is 0 Å². The lowest BCUT2D eigenvalue weighted by Crippen LogP contribution is -2.30. The molecule has 0 saturated carbocycles. The Hall–Kier alpha value is -1.75. The van der Waals surface area contributed by atoms with E-state index in [2.05, 4.69) is 10.5 Å². The Balaban J connectivity index is 1.86. The average molecular weight is 234 g/mol. The van der Waals surface area contributed by atoms with Crippen molar-refractivity contribution >= 4 is 0 Å². The molecule has 5 heteroatoms. The van der Waals surface area contributed by atoms with Gasteiger partial charge in [0.05, 0.1) is 19.2 Å². The summed E-state index contributed by atoms with van der Waals surface area (Å²) >= 11 is 0. The summed E-state index contributed by atoms with van der Waals surface area (Å²) in [5.41, 5.74) is 5.47. The zero-order valence-corrected chi connectivity index (χ0v) is 10.2. The fourth-order valence-electron chi connectivity index (χ4n) is 1.80. The summed E-state index contributed by atoms with van der Waals surface area (Å²) in [7, 11) is 0. The van der Waals surface area contributed by atoms with Crippen LogP contribution in [0.25, 0.3) is 0 Å². The van der Waals surface area contributed by atoms with Crippen molar-refractivity contribution in [3.63, 3.8) is 0 Å². The predicted octanol–water partition coefficient (Wildman–Crippen LogP) is 0.906. The van der Waals surface area contributed by atoms with Crippen molar-refractivity contribution in [2.45, 2.75) is 26.5 Å². The predicted molar refractivity (Wildman–Crippen MR) is 66.4 cm³/mol. The summed E-state index contributed by atoms with van der Waals surface area (Å²) in [4.78, 5) is 0. The third kappa shape index (κ3) is 2.88. The van der Waals surface area contributed by atoms with Crippen LogP contribution in [0, 0.1) is 13.8 Å². The molecule has 0 aliphatic carbocycles. The molecule has 5 nitrogen and oxygen atoms in total. The molecule has 0 bridgehead atoms. The smallest absolute Gasteiger partial charge is 0.0924 e. The van der Waals surface area contributed by atoms with Crippen LogP contribution in [0.1, 0.15) is 11.4 Å². The number of aliphatic hydroxyl groups is 1. The van der Waals surface area contributed by atoms with Crippen LogP contribution in [0.2, 0.25) is 0 Å². The average Bonchev–Trinajstić information content (AvgIpc) is 2.88. The number of nitrogens with zero attached hydrogens (tertiary/aromatic N) is 3. The maximum Gasteiger partial charge on any atom is 0.0924 e. The highest BCUT2D eigenvalue weighted by Crippen LogP contribution is 2.04. The van der Waals surface area contributed by atoms with E-state index in [1.807, 2.05) is 42.9 Å². The van der Waals surface area contributed by atoms with E-state index in [1.165, 1.54) is 0 Å². The van der Waals surface area contributed by atoms with Crippen LogP contribution in [0.3, 0.4) is 0 Å². The van der Waals surface area contributed by atoms with Gasteiger partial charge in [0, 0.05) is 23.8 Å². The fraction of sp³-hybridized carbons (Fsp3) is 0.417. The number of rotatable bonds is 5. The Labute approximate surface area is 101 Å². The van der Waals surface area contributed by atoms with Crippen LogP contribution >= 0.6 is 0 Å². The molecular formula is C12H18N4O. The van der Waals surface area contributed by atoms with E-state index in [4.69, 9.17) is 0 Å². The van der Waals surface area contributed by atoms with E-state index in [0.29, 0.717) is 13.1 Å². The van der Waals surface area contributed by atoms with Gasteiger partial charge in [-0.2, -0.15) is 5.10 Å². The van der Waals surface area contributed by atoms with Crippen molar-refractivity contribution in [3.05, 3.63) is 42.0 Å². The normalized spacial score (nSPS) is 12.6. The minimum Gasteiger partial charge on any atom is -0.389 e. The molecule has 2 rings (SSSR count). The van der Waals surface area contributed by atoms with Crippen molar-refractivity contribution in [1.82, 2.24) is 14.5 Å². The van der Waals surface area contributed by atoms with Crippen LogP contribution in [0.15, 0.2) is 30.6 Å².